The molecule has 0 unspecified atom stereocenters. The minimum absolute atomic E-state index is 0. The molecule has 0 saturated carbocycles. The second-order valence-corrected chi connectivity index (χ2v) is 4.52. The summed E-state index contributed by atoms with van der Waals surface area (Å²) < 4.78 is 28.5. The molecule has 3 rings (SSSR count). The summed E-state index contributed by atoms with van der Waals surface area (Å²) in [6.07, 6.45) is 5.06. The molecule has 0 bridgehead atoms. The first-order valence-electron chi connectivity index (χ1n) is 6.98. The van der Waals surface area contributed by atoms with E-state index in [1.165, 1.54) is 6.20 Å². The molecule has 0 aliphatic heterocycles. The number of halogens is 2. The largest absolute Gasteiger partial charge is 0.676 e. The molecule has 3 aromatic rings. The average molecular weight is 587 g/mol. The van der Waals surface area contributed by atoms with E-state index < -0.39 is 17.3 Å². The van der Waals surface area contributed by atoms with Crippen LogP contribution in [0.2, 0.25) is 0 Å². The number of pyridine rings is 1. The maximum atomic E-state index is 13.7. The third-order valence-electron chi connectivity index (χ3n) is 2.93. The van der Waals surface area contributed by atoms with Crippen molar-refractivity contribution in [3.05, 3.63) is 83.8 Å². The van der Waals surface area contributed by atoms with Gasteiger partial charge in [0.25, 0.3) is 0 Å². The van der Waals surface area contributed by atoms with Gasteiger partial charge in [-0.1, -0.05) is 12.1 Å². The van der Waals surface area contributed by atoms with Crippen LogP contribution in [0.15, 0.2) is 48.9 Å². The summed E-state index contributed by atoms with van der Waals surface area (Å²) >= 11 is 0. The summed E-state index contributed by atoms with van der Waals surface area (Å²) in [5.74, 6) is -1.83. The Balaban J connectivity index is 0.000000295. The Morgan fingerprint density at radius 2 is 2.04 bits per heavy atom. The van der Waals surface area contributed by atoms with Gasteiger partial charge in [-0.25, -0.2) is 0 Å². The molecule has 2 aromatic heterocycles. The Morgan fingerprint density at radius 1 is 1.24 bits per heavy atom. The van der Waals surface area contributed by atoms with Crippen LogP contribution in [0.5, 0.6) is 0 Å². The number of benzene rings is 1. The zero-order chi connectivity index (χ0) is 17.4. The van der Waals surface area contributed by atoms with Crippen molar-refractivity contribution in [2.75, 3.05) is 6.54 Å². The van der Waals surface area contributed by atoms with E-state index >= 15 is 0 Å². The summed E-state index contributed by atoms with van der Waals surface area (Å²) in [5, 5.41) is 3.90. The normalized spacial score (nSPS) is 9.36. The van der Waals surface area contributed by atoms with E-state index in [-0.39, 0.29) is 5.56 Å². The molecule has 0 fully saturated rings. The van der Waals surface area contributed by atoms with Gasteiger partial charge in [0.05, 0.1) is 6.57 Å². The summed E-state index contributed by atoms with van der Waals surface area (Å²) in [6, 6.07) is 10.2. The van der Waals surface area contributed by atoms with E-state index in [2.05, 4.69) is 21.0 Å². The molecular formula is C17H13F2LrN5-2. The van der Waals surface area contributed by atoms with Crippen molar-refractivity contribution >= 4 is 5.69 Å². The van der Waals surface area contributed by atoms with Crippen molar-refractivity contribution in [2.45, 2.75) is 6.54 Å². The minimum atomic E-state index is -0.922. The summed E-state index contributed by atoms with van der Waals surface area (Å²) in [7, 11) is 0. The zero-order valence-electron chi connectivity index (χ0n) is 12.8. The van der Waals surface area contributed by atoms with Gasteiger partial charge in [0, 0.05) is 36.8 Å². The molecular weight excluding hydrogens is 574 g/mol. The number of aromatic nitrogens is 3. The van der Waals surface area contributed by atoms with Crippen LogP contribution in [0.25, 0.3) is 21.8 Å². The molecule has 0 atom stereocenters. The molecule has 25 heavy (non-hydrogen) atoms. The van der Waals surface area contributed by atoms with Crippen molar-refractivity contribution in [1.82, 2.24) is 14.8 Å². The second kappa shape index (κ2) is 9.12. The maximum Gasteiger partial charge on any atom is 0.176 e. The average Bonchev–Trinajstić information content (AvgIpc) is 3.10. The third kappa shape index (κ3) is 4.68. The summed E-state index contributed by atoms with van der Waals surface area (Å²) in [6.45, 7) is 7.80. The third-order valence-corrected chi connectivity index (χ3v) is 2.93. The van der Waals surface area contributed by atoms with Crippen molar-refractivity contribution in [3.63, 3.8) is 0 Å². The van der Waals surface area contributed by atoms with Gasteiger partial charge in [0.1, 0.15) is 0 Å². The Bertz CT molecular complexity index is 817. The van der Waals surface area contributed by atoms with Crippen molar-refractivity contribution in [3.8, 4) is 11.3 Å². The molecule has 0 saturated heterocycles. The van der Waals surface area contributed by atoms with Crippen molar-refractivity contribution in [2.24, 2.45) is 0 Å². The molecule has 1 N–H and O–H groups in total. The molecule has 137 valence electrons. The Kier molecular flexibility index (Phi) is 6.91. The van der Waals surface area contributed by atoms with Crippen molar-refractivity contribution in [1.29, 1.82) is 0 Å². The summed E-state index contributed by atoms with van der Waals surface area (Å²) in [5.41, 5.74) is 6.52. The van der Waals surface area contributed by atoms with E-state index in [4.69, 9.17) is 12.3 Å². The summed E-state index contributed by atoms with van der Waals surface area (Å²) in [4.78, 5) is 6.73. The smallest absolute Gasteiger partial charge is 0.176 e. The van der Waals surface area contributed by atoms with E-state index in [0.29, 0.717) is 18.8 Å². The van der Waals surface area contributed by atoms with Crippen LogP contribution in [-0.2, 0) is 6.54 Å². The fourth-order valence-corrected chi connectivity index (χ4v) is 1.84. The predicted molar refractivity (Wildman–Crippen MR) is 86.1 cm³/mol. The zero-order valence-corrected chi connectivity index (χ0v) is 15.0. The first-order valence-corrected chi connectivity index (χ1v) is 6.98. The monoisotopic (exact) mass is 587 g/mol. The van der Waals surface area contributed by atoms with E-state index in [1.54, 1.807) is 29.1 Å². The van der Waals surface area contributed by atoms with Crippen LogP contribution in [0.4, 0.5) is 14.5 Å². The first kappa shape index (κ1) is 18.9. The van der Waals surface area contributed by atoms with Gasteiger partial charge < -0.3 is 10.7 Å². The predicted octanol–water partition coefficient (Wildman–Crippen LogP) is 4.31. The van der Waals surface area contributed by atoms with Crippen LogP contribution in [0, 0.1) is 24.3 Å². The molecule has 5 nitrogen and oxygen atoms in total. The molecule has 0 aliphatic carbocycles. The number of nitrogens with one attached hydrogen (secondary N) is 1. The fourth-order valence-electron chi connectivity index (χ4n) is 1.84. The number of rotatable bonds is 3. The second-order valence-electron chi connectivity index (χ2n) is 4.52. The SMILES string of the molecule is [C-]#[N+]c1c(F)c[c-]c(-c2ccccn2)c1F.[Lr].[NH-]CCn1cccn1. The fraction of sp³-hybridized carbons (Fsp3) is 0.118. The van der Waals surface area contributed by atoms with E-state index in [1.807, 2.05) is 12.3 Å². The van der Waals surface area contributed by atoms with Crippen LogP contribution in [-0.4, -0.2) is 21.3 Å². The van der Waals surface area contributed by atoms with Crippen LogP contribution >= 0.6 is 0 Å². The molecule has 0 spiro atoms. The molecule has 0 amide bonds. The standard InChI is InChI=1S/C12H5F2N2.C5H8N3.Lr/c1-15-12-9(13)6-5-8(11(12)14)10-4-2-3-7-16-10;6-2-5-8-4-1-3-7-8;/h2-4,6-7H;1,3-4,6H,2,5H2;/q2*-1;. The maximum absolute atomic E-state index is 13.7. The van der Waals surface area contributed by atoms with Crippen LogP contribution in [0.1, 0.15) is 0 Å². The van der Waals surface area contributed by atoms with Gasteiger partial charge in [0.2, 0.25) is 0 Å². The van der Waals surface area contributed by atoms with Crippen LogP contribution in [0.3, 0.4) is 0 Å². The van der Waals surface area contributed by atoms with Crippen LogP contribution < -0.4 is 0 Å². The van der Waals surface area contributed by atoms with Gasteiger partial charge >= 0.3 is 0 Å². The van der Waals surface area contributed by atoms with Gasteiger partial charge in [-0.05, 0) is 17.8 Å². The van der Waals surface area contributed by atoms with Gasteiger partial charge in [-0.3, -0.25) is 18.3 Å². The number of nitrogens with zero attached hydrogens (tertiary/aromatic N) is 4. The van der Waals surface area contributed by atoms with E-state index in [9.17, 15) is 8.78 Å². The first-order chi connectivity index (χ1) is 11.7. The Labute approximate surface area is 138 Å². The molecule has 8 heteroatoms. The number of hydrogen-bond acceptors (Lipinski definition) is 2. The van der Waals surface area contributed by atoms with Gasteiger partial charge in [-0.2, -0.15) is 5.10 Å². The quantitative estimate of drug-likeness (QED) is 0.429. The van der Waals surface area contributed by atoms with Crippen molar-refractivity contribution < 1.29 is 8.78 Å². The minimum Gasteiger partial charge on any atom is -0.676 e. The molecule has 1 aromatic carbocycles. The molecule has 2 heterocycles. The Hall–Kier alpha value is -4.11. The molecule has 0 aliphatic rings. The Morgan fingerprint density at radius 3 is 2.60 bits per heavy atom. The molecule has 1 radical (unpaired) electrons. The topological polar surface area (TPSA) is 58.9 Å². The number of hydrogen-bond donors (Lipinski definition) is 0. The van der Waals surface area contributed by atoms with E-state index in [0.717, 1.165) is 6.07 Å². The van der Waals surface area contributed by atoms with Gasteiger partial charge in [-0.15, -0.1) is 24.2 Å². The van der Waals surface area contributed by atoms with Gasteiger partial charge in [0.15, 0.2) is 5.69 Å².